The third-order valence-corrected chi connectivity index (χ3v) is 3.96. The molecule has 1 atom stereocenters. The van der Waals surface area contributed by atoms with E-state index in [1.807, 2.05) is 31.2 Å². The number of carbonyl (C=O) groups is 2. The van der Waals surface area contributed by atoms with E-state index in [0.29, 0.717) is 22.9 Å². The van der Waals surface area contributed by atoms with E-state index in [4.69, 9.17) is 16.3 Å². The van der Waals surface area contributed by atoms with E-state index in [1.165, 1.54) is 0 Å². The molecular formula is C19H21ClN2O3. The van der Waals surface area contributed by atoms with Gasteiger partial charge in [-0.2, -0.15) is 0 Å². The van der Waals surface area contributed by atoms with Gasteiger partial charge in [0.15, 0.2) is 0 Å². The topological polar surface area (TPSA) is 67.4 Å². The van der Waals surface area contributed by atoms with Gasteiger partial charge in [0.25, 0.3) is 0 Å². The second-order valence-corrected chi connectivity index (χ2v) is 5.88. The van der Waals surface area contributed by atoms with E-state index in [2.05, 4.69) is 10.6 Å². The van der Waals surface area contributed by atoms with E-state index in [1.54, 1.807) is 31.2 Å². The van der Waals surface area contributed by atoms with Gasteiger partial charge in [0.1, 0.15) is 0 Å². The van der Waals surface area contributed by atoms with E-state index in [-0.39, 0.29) is 24.5 Å². The highest BCUT2D eigenvalue weighted by atomic mass is 35.5. The third kappa shape index (κ3) is 5.59. The quantitative estimate of drug-likeness (QED) is 0.737. The highest BCUT2D eigenvalue weighted by molar-refractivity contribution is 6.31. The summed E-state index contributed by atoms with van der Waals surface area (Å²) in [5.74, 6) is -0.557. The molecule has 0 aliphatic rings. The summed E-state index contributed by atoms with van der Waals surface area (Å²) in [6, 6.07) is 14.0. The first kappa shape index (κ1) is 19.0. The van der Waals surface area contributed by atoms with Gasteiger partial charge in [0.2, 0.25) is 5.91 Å². The van der Waals surface area contributed by atoms with Gasteiger partial charge >= 0.3 is 5.97 Å². The molecular weight excluding hydrogens is 340 g/mol. The molecule has 0 spiro atoms. The van der Waals surface area contributed by atoms with Crippen molar-refractivity contribution in [3.63, 3.8) is 0 Å². The van der Waals surface area contributed by atoms with Crippen LogP contribution in [0.2, 0.25) is 5.02 Å². The van der Waals surface area contributed by atoms with Crippen LogP contribution in [0.5, 0.6) is 0 Å². The molecule has 6 heteroatoms. The monoisotopic (exact) mass is 360 g/mol. The maximum atomic E-state index is 12.1. The molecule has 0 saturated heterocycles. The van der Waals surface area contributed by atoms with Crippen molar-refractivity contribution < 1.29 is 14.3 Å². The molecule has 0 aliphatic heterocycles. The van der Waals surface area contributed by atoms with Gasteiger partial charge in [-0.15, -0.1) is 0 Å². The molecule has 5 nitrogen and oxygen atoms in total. The highest BCUT2D eigenvalue weighted by Gasteiger charge is 2.11. The number of rotatable bonds is 7. The number of nitrogens with one attached hydrogen (secondary N) is 2. The van der Waals surface area contributed by atoms with Gasteiger partial charge in [0, 0.05) is 16.8 Å². The number of esters is 1. The fourth-order valence-electron chi connectivity index (χ4n) is 2.29. The Balaban J connectivity index is 1.86. The van der Waals surface area contributed by atoms with Crippen LogP contribution in [0.1, 0.15) is 35.8 Å². The lowest BCUT2D eigenvalue weighted by molar-refractivity contribution is -0.115. The van der Waals surface area contributed by atoms with Gasteiger partial charge in [-0.3, -0.25) is 4.79 Å². The van der Waals surface area contributed by atoms with Crippen LogP contribution in [0.25, 0.3) is 0 Å². The number of amides is 1. The van der Waals surface area contributed by atoms with Crippen LogP contribution in [-0.4, -0.2) is 25.0 Å². The summed E-state index contributed by atoms with van der Waals surface area (Å²) in [5.41, 5.74) is 2.01. The van der Waals surface area contributed by atoms with Crippen LogP contribution in [0, 0.1) is 0 Å². The van der Waals surface area contributed by atoms with Gasteiger partial charge in [-0.1, -0.05) is 29.8 Å². The van der Waals surface area contributed by atoms with Crippen molar-refractivity contribution in [3.05, 3.63) is 64.7 Å². The summed E-state index contributed by atoms with van der Waals surface area (Å²) < 4.78 is 4.92. The largest absolute Gasteiger partial charge is 0.462 e. The smallest absolute Gasteiger partial charge is 0.338 e. The summed E-state index contributed by atoms with van der Waals surface area (Å²) in [7, 11) is 0. The zero-order valence-electron chi connectivity index (χ0n) is 14.2. The summed E-state index contributed by atoms with van der Waals surface area (Å²) >= 11 is 6.15. The Labute approximate surface area is 152 Å². The molecule has 0 fully saturated rings. The molecule has 0 unspecified atom stereocenters. The van der Waals surface area contributed by atoms with Crippen LogP contribution >= 0.6 is 11.6 Å². The number of hydrogen-bond donors (Lipinski definition) is 2. The predicted octanol–water partition coefficient (Wildman–Crippen LogP) is 3.81. The van der Waals surface area contributed by atoms with Crippen molar-refractivity contribution in [1.29, 1.82) is 0 Å². The fraction of sp³-hybridized carbons (Fsp3) is 0.263. The van der Waals surface area contributed by atoms with Crippen molar-refractivity contribution in [2.24, 2.45) is 0 Å². The van der Waals surface area contributed by atoms with E-state index < -0.39 is 0 Å². The molecule has 2 N–H and O–H groups in total. The maximum absolute atomic E-state index is 12.1. The maximum Gasteiger partial charge on any atom is 0.338 e. The fourth-order valence-corrected chi connectivity index (χ4v) is 2.59. The van der Waals surface area contributed by atoms with Crippen LogP contribution in [0.4, 0.5) is 5.69 Å². The molecule has 0 aliphatic carbocycles. The number of ether oxygens (including phenoxy) is 1. The number of halogens is 1. The van der Waals surface area contributed by atoms with E-state index >= 15 is 0 Å². The van der Waals surface area contributed by atoms with E-state index in [9.17, 15) is 9.59 Å². The average molecular weight is 361 g/mol. The van der Waals surface area contributed by atoms with Crippen molar-refractivity contribution in [1.82, 2.24) is 5.32 Å². The summed E-state index contributed by atoms with van der Waals surface area (Å²) in [5, 5.41) is 6.57. The molecule has 0 radical (unpaired) electrons. The standard InChI is InChI=1S/C19H21ClN2O3/c1-3-25-19(24)14-8-10-15(11-9-14)22-18(23)12-21-13(2)16-6-4-5-7-17(16)20/h4-11,13,21H,3,12H2,1-2H3,(H,22,23)/t13-/m1/s1. The molecule has 1 amide bonds. The van der Waals surface area contributed by atoms with Crippen LogP contribution in [0.3, 0.4) is 0 Å². The Morgan fingerprint density at radius 1 is 1.12 bits per heavy atom. The highest BCUT2D eigenvalue weighted by Crippen LogP contribution is 2.21. The lowest BCUT2D eigenvalue weighted by Crippen LogP contribution is -2.30. The molecule has 0 aromatic heterocycles. The Morgan fingerprint density at radius 2 is 1.80 bits per heavy atom. The van der Waals surface area contributed by atoms with E-state index in [0.717, 1.165) is 5.56 Å². The van der Waals surface area contributed by atoms with Crippen molar-refractivity contribution in [3.8, 4) is 0 Å². The minimum atomic E-state index is -0.379. The molecule has 0 heterocycles. The Morgan fingerprint density at radius 3 is 2.44 bits per heavy atom. The molecule has 2 rings (SSSR count). The SMILES string of the molecule is CCOC(=O)c1ccc(NC(=O)CN[C@H](C)c2ccccc2Cl)cc1. The first-order valence-corrected chi connectivity index (χ1v) is 8.44. The van der Waals surface area contributed by atoms with Crippen molar-refractivity contribution >= 4 is 29.2 Å². The zero-order chi connectivity index (χ0) is 18.2. The van der Waals surface area contributed by atoms with Crippen molar-refractivity contribution in [2.45, 2.75) is 19.9 Å². The number of hydrogen-bond acceptors (Lipinski definition) is 4. The summed E-state index contributed by atoms with van der Waals surface area (Å²) in [6.07, 6.45) is 0. The van der Waals surface area contributed by atoms with Crippen molar-refractivity contribution in [2.75, 3.05) is 18.5 Å². The van der Waals surface area contributed by atoms with Crippen LogP contribution in [-0.2, 0) is 9.53 Å². The number of carbonyl (C=O) groups excluding carboxylic acids is 2. The third-order valence-electron chi connectivity index (χ3n) is 3.62. The zero-order valence-corrected chi connectivity index (χ0v) is 15.0. The first-order valence-electron chi connectivity index (χ1n) is 8.06. The number of benzene rings is 2. The lowest BCUT2D eigenvalue weighted by Gasteiger charge is -2.15. The molecule has 0 bridgehead atoms. The second kappa shape index (κ2) is 9.20. The van der Waals surface area contributed by atoms with Gasteiger partial charge in [-0.25, -0.2) is 4.79 Å². The molecule has 2 aromatic carbocycles. The average Bonchev–Trinajstić information content (AvgIpc) is 2.61. The predicted molar refractivity (Wildman–Crippen MR) is 98.9 cm³/mol. The Bertz CT molecular complexity index is 732. The minimum Gasteiger partial charge on any atom is -0.462 e. The van der Waals surface area contributed by atoms with Crippen LogP contribution < -0.4 is 10.6 Å². The molecule has 2 aromatic rings. The normalized spacial score (nSPS) is 11.6. The van der Waals surface area contributed by atoms with Gasteiger partial charge < -0.3 is 15.4 Å². The summed E-state index contributed by atoms with van der Waals surface area (Å²) in [6.45, 7) is 4.17. The molecule has 25 heavy (non-hydrogen) atoms. The first-order chi connectivity index (χ1) is 12.0. The van der Waals surface area contributed by atoms with Crippen LogP contribution in [0.15, 0.2) is 48.5 Å². The summed E-state index contributed by atoms with van der Waals surface area (Å²) in [4.78, 5) is 23.6. The lowest BCUT2D eigenvalue weighted by atomic mass is 10.1. The van der Waals surface area contributed by atoms with Gasteiger partial charge in [0.05, 0.1) is 18.7 Å². The van der Waals surface area contributed by atoms with Gasteiger partial charge in [-0.05, 0) is 49.7 Å². The molecule has 132 valence electrons. The molecule has 0 saturated carbocycles. The number of anilines is 1. The Hall–Kier alpha value is -2.37. The second-order valence-electron chi connectivity index (χ2n) is 5.47. The minimum absolute atomic E-state index is 0.0503. The Kier molecular flexibility index (Phi) is 6.98.